The van der Waals surface area contributed by atoms with E-state index in [-0.39, 0.29) is 40.4 Å². The van der Waals surface area contributed by atoms with Crippen LogP contribution in [0.1, 0.15) is 15.9 Å². The number of carbonyl (C=O) groups is 2. The van der Waals surface area contributed by atoms with Crippen LogP contribution in [0.2, 0.25) is 5.02 Å². The van der Waals surface area contributed by atoms with E-state index >= 15 is 0 Å². The molecule has 6 nitrogen and oxygen atoms in total. The molecular weight excluding hydrogens is 363 g/mol. The molecule has 0 aliphatic carbocycles. The molecule has 26 heavy (non-hydrogen) atoms. The minimum Gasteiger partial charge on any atom is -0.493 e. The Morgan fingerprint density at radius 2 is 1.88 bits per heavy atom. The Bertz CT molecular complexity index is 812. The Labute approximate surface area is 155 Å². The van der Waals surface area contributed by atoms with Gasteiger partial charge in [-0.05, 0) is 29.8 Å². The second-order valence-electron chi connectivity index (χ2n) is 5.53. The van der Waals surface area contributed by atoms with Crippen LogP contribution in [0.15, 0.2) is 36.4 Å². The van der Waals surface area contributed by atoms with Crippen molar-refractivity contribution < 1.29 is 23.5 Å². The Hall–Kier alpha value is -2.80. The van der Waals surface area contributed by atoms with Gasteiger partial charge in [-0.1, -0.05) is 23.7 Å². The maximum atomic E-state index is 13.0. The van der Waals surface area contributed by atoms with Crippen molar-refractivity contribution in [3.63, 3.8) is 0 Å². The topological polar surface area (TPSA) is 81.9 Å². The van der Waals surface area contributed by atoms with Crippen LogP contribution in [-0.4, -0.2) is 37.5 Å². The van der Waals surface area contributed by atoms with Gasteiger partial charge in [0.25, 0.3) is 11.8 Å². The van der Waals surface area contributed by atoms with Gasteiger partial charge in [0.2, 0.25) is 0 Å². The van der Waals surface area contributed by atoms with Gasteiger partial charge in [-0.15, -0.1) is 0 Å². The summed E-state index contributed by atoms with van der Waals surface area (Å²) >= 11 is 6.15. The predicted molar refractivity (Wildman–Crippen MR) is 94.9 cm³/mol. The Kier molecular flexibility index (Phi) is 6.41. The number of amides is 2. The summed E-state index contributed by atoms with van der Waals surface area (Å²) in [7, 11) is 3.00. The van der Waals surface area contributed by atoms with Crippen LogP contribution in [0.25, 0.3) is 0 Å². The lowest BCUT2D eigenvalue weighted by Crippen LogP contribution is -2.26. The zero-order valence-corrected chi connectivity index (χ0v) is 15.0. The van der Waals surface area contributed by atoms with E-state index < -0.39 is 5.91 Å². The monoisotopic (exact) mass is 380 g/mol. The third kappa shape index (κ3) is 4.86. The minimum atomic E-state index is -0.665. The van der Waals surface area contributed by atoms with Crippen LogP contribution in [-0.2, 0) is 11.3 Å². The first-order valence-electron chi connectivity index (χ1n) is 7.60. The van der Waals surface area contributed by atoms with Crippen LogP contribution in [0.4, 0.5) is 4.39 Å². The number of nitrogens with two attached hydrogens (primary N) is 1. The molecule has 0 saturated carbocycles. The van der Waals surface area contributed by atoms with E-state index in [0.717, 1.165) is 5.56 Å². The molecule has 2 amide bonds. The van der Waals surface area contributed by atoms with Gasteiger partial charge in [-0.3, -0.25) is 9.59 Å². The SMILES string of the molecule is COc1cc(C(=O)N(C)Cc2ccc(F)cc2)cc(Cl)c1OCC(N)=O. The first-order valence-corrected chi connectivity index (χ1v) is 7.98. The summed E-state index contributed by atoms with van der Waals surface area (Å²) in [6.07, 6.45) is 0. The zero-order chi connectivity index (χ0) is 19.3. The van der Waals surface area contributed by atoms with Crippen molar-refractivity contribution in [3.8, 4) is 11.5 Å². The maximum absolute atomic E-state index is 13.0. The second kappa shape index (κ2) is 8.53. The summed E-state index contributed by atoms with van der Waals surface area (Å²) < 4.78 is 23.4. The minimum absolute atomic E-state index is 0.115. The van der Waals surface area contributed by atoms with Crippen LogP contribution < -0.4 is 15.2 Å². The fourth-order valence-electron chi connectivity index (χ4n) is 2.28. The van der Waals surface area contributed by atoms with Crippen molar-refractivity contribution in [2.75, 3.05) is 20.8 Å². The van der Waals surface area contributed by atoms with Crippen molar-refractivity contribution >= 4 is 23.4 Å². The zero-order valence-electron chi connectivity index (χ0n) is 14.3. The first-order chi connectivity index (χ1) is 12.3. The van der Waals surface area contributed by atoms with Gasteiger partial charge < -0.3 is 20.1 Å². The Morgan fingerprint density at radius 1 is 1.23 bits per heavy atom. The molecule has 0 unspecified atom stereocenters. The lowest BCUT2D eigenvalue weighted by atomic mass is 10.1. The molecule has 8 heteroatoms. The second-order valence-corrected chi connectivity index (χ2v) is 5.94. The lowest BCUT2D eigenvalue weighted by Gasteiger charge is -2.19. The van der Waals surface area contributed by atoms with Crippen LogP contribution in [0.3, 0.4) is 0 Å². The van der Waals surface area contributed by atoms with E-state index in [4.69, 9.17) is 26.8 Å². The first kappa shape index (κ1) is 19.5. The molecule has 138 valence electrons. The van der Waals surface area contributed by atoms with Crippen molar-refractivity contribution in [3.05, 3.63) is 58.4 Å². The van der Waals surface area contributed by atoms with E-state index in [9.17, 15) is 14.0 Å². The number of hydrogen-bond donors (Lipinski definition) is 1. The molecule has 0 bridgehead atoms. The van der Waals surface area contributed by atoms with Gasteiger partial charge in [0.1, 0.15) is 5.82 Å². The smallest absolute Gasteiger partial charge is 0.255 e. The highest BCUT2D eigenvalue weighted by atomic mass is 35.5. The fraction of sp³-hybridized carbons (Fsp3) is 0.222. The molecule has 0 aliphatic heterocycles. The van der Waals surface area contributed by atoms with Crippen molar-refractivity contribution in [2.24, 2.45) is 5.73 Å². The molecule has 0 saturated heterocycles. The quantitative estimate of drug-likeness (QED) is 0.800. The average molecular weight is 381 g/mol. The molecule has 0 heterocycles. The molecule has 0 radical (unpaired) electrons. The summed E-state index contributed by atoms with van der Waals surface area (Å²) in [5.41, 5.74) is 6.11. The van der Waals surface area contributed by atoms with E-state index in [2.05, 4.69) is 0 Å². The van der Waals surface area contributed by atoms with E-state index in [1.807, 2.05) is 0 Å². The third-order valence-corrected chi connectivity index (χ3v) is 3.80. The number of carbonyl (C=O) groups excluding carboxylic acids is 2. The highest BCUT2D eigenvalue weighted by Gasteiger charge is 2.19. The molecule has 0 aromatic heterocycles. The number of primary amides is 1. The number of halogens is 2. The number of ether oxygens (including phenoxy) is 2. The molecule has 2 N–H and O–H groups in total. The number of rotatable bonds is 7. The normalized spacial score (nSPS) is 10.3. The van der Waals surface area contributed by atoms with E-state index in [0.29, 0.717) is 6.54 Å². The van der Waals surface area contributed by atoms with E-state index in [1.54, 1.807) is 19.2 Å². The standard InChI is InChI=1S/C18H18ClFN2O4/c1-22(9-11-3-5-13(20)6-4-11)18(24)12-7-14(19)17(15(8-12)25-2)26-10-16(21)23/h3-8H,9-10H2,1-2H3,(H2,21,23). The molecule has 2 aromatic carbocycles. The third-order valence-electron chi connectivity index (χ3n) is 3.51. The number of hydrogen-bond acceptors (Lipinski definition) is 4. The van der Waals surface area contributed by atoms with Crippen LogP contribution in [0, 0.1) is 5.82 Å². The van der Waals surface area contributed by atoms with Crippen LogP contribution in [0.5, 0.6) is 11.5 Å². The number of nitrogens with zero attached hydrogens (tertiary/aromatic N) is 1. The lowest BCUT2D eigenvalue weighted by molar-refractivity contribution is -0.119. The summed E-state index contributed by atoms with van der Waals surface area (Å²) in [5, 5.41) is 0.115. The van der Waals surface area contributed by atoms with Gasteiger partial charge in [-0.25, -0.2) is 4.39 Å². The maximum Gasteiger partial charge on any atom is 0.255 e. The van der Waals surface area contributed by atoms with Gasteiger partial charge in [-0.2, -0.15) is 0 Å². The Balaban J connectivity index is 2.20. The largest absolute Gasteiger partial charge is 0.493 e. The van der Waals surface area contributed by atoms with Gasteiger partial charge in [0, 0.05) is 19.2 Å². The van der Waals surface area contributed by atoms with Gasteiger partial charge >= 0.3 is 0 Å². The summed E-state index contributed by atoms with van der Waals surface area (Å²) in [6, 6.07) is 8.76. The van der Waals surface area contributed by atoms with Crippen molar-refractivity contribution in [1.82, 2.24) is 4.90 Å². The fourth-order valence-corrected chi connectivity index (χ4v) is 2.55. The molecule has 0 atom stereocenters. The summed E-state index contributed by atoms with van der Waals surface area (Å²) in [5.74, 6) is -0.980. The highest BCUT2D eigenvalue weighted by molar-refractivity contribution is 6.32. The van der Waals surface area contributed by atoms with Gasteiger partial charge in [0.05, 0.1) is 12.1 Å². The molecule has 2 aromatic rings. The van der Waals surface area contributed by atoms with Gasteiger partial charge in [0.15, 0.2) is 18.1 Å². The molecule has 0 aliphatic rings. The molecular formula is C18H18ClFN2O4. The highest BCUT2D eigenvalue weighted by Crippen LogP contribution is 2.36. The number of methoxy groups -OCH3 is 1. The average Bonchev–Trinajstić information content (AvgIpc) is 2.61. The van der Waals surface area contributed by atoms with E-state index in [1.165, 1.54) is 36.3 Å². The molecule has 2 rings (SSSR count). The summed E-state index contributed by atoms with van der Waals surface area (Å²) in [6.45, 7) is -0.0766. The summed E-state index contributed by atoms with van der Waals surface area (Å²) in [4.78, 5) is 25.0. The molecule has 0 spiro atoms. The Morgan fingerprint density at radius 3 is 2.46 bits per heavy atom. The molecule has 0 fully saturated rings. The van der Waals surface area contributed by atoms with Crippen molar-refractivity contribution in [1.29, 1.82) is 0 Å². The number of benzene rings is 2. The van der Waals surface area contributed by atoms with Crippen molar-refractivity contribution in [2.45, 2.75) is 6.54 Å². The predicted octanol–water partition coefficient (Wildman–Crippen LogP) is 2.62. The van der Waals surface area contributed by atoms with Crippen LogP contribution >= 0.6 is 11.6 Å².